The monoisotopic (exact) mass is 841 g/mol. The Bertz CT molecular complexity index is 3680. The Kier molecular flexibility index (Phi) is 9.89. The van der Waals surface area contributed by atoms with E-state index in [1.807, 2.05) is 12.1 Å². The third kappa shape index (κ3) is 7.12. The third-order valence-electron chi connectivity index (χ3n) is 12.9. The first-order valence-corrected chi connectivity index (χ1v) is 22.6. The fraction of sp³-hybridized carbons (Fsp3) is 0. The van der Waals surface area contributed by atoms with E-state index in [0.29, 0.717) is 0 Å². The maximum Gasteiger partial charge on any atom is 0.143 e. The highest BCUT2D eigenvalue weighted by molar-refractivity contribution is 6.09. The molecule has 0 atom stereocenters. The lowest BCUT2D eigenvalue weighted by atomic mass is 9.86. The van der Waals surface area contributed by atoms with Crippen LogP contribution in [0.2, 0.25) is 0 Å². The standard InChI is InChI=1S/C64H43NO/c1-3-16-44(17-4-1)51-36-41-57(56-23-10-9-22-54(56)47-19-5-2-6-20-47)61(43-51)58-24-11-13-28-62(58)65(52-37-32-46(33-38-52)50-31-30-45-18-7-8-21-49(45)42-50)53-39-34-48(35-40-53)55-26-15-27-60-59-25-12-14-29-63(59)66-64(55)60/h1-43H. The first-order valence-electron chi connectivity index (χ1n) is 22.6. The summed E-state index contributed by atoms with van der Waals surface area (Å²) in [6.45, 7) is 0. The molecule has 12 aromatic rings. The molecular weight excluding hydrogens is 799 g/mol. The lowest BCUT2D eigenvalue weighted by molar-refractivity contribution is 0.670. The number of hydrogen-bond donors (Lipinski definition) is 0. The van der Waals surface area contributed by atoms with Crippen molar-refractivity contribution in [1.29, 1.82) is 0 Å². The molecule has 0 aliphatic rings. The van der Waals surface area contributed by atoms with Gasteiger partial charge in [0.25, 0.3) is 0 Å². The van der Waals surface area contributed by atoms with Gasteiger partial charge in [0.2, 0.25) is 0 Å². The van der Waals surface area contributed by atoms with Gasteiger partial charge in [0, 0.05) is 33.3 Å². The highest BCUT2D eigenvalue weighted by Crippen LogP contribution is 2.47. The summed E-state index contributed by atoms with van der Waals surface area (Å²) < 4.78 is 6.51. The molecule has 12 rings (SSSR count). The molecule has 1 aromatic heterocycles. The van der Waals surface area contributed by atoms with Crippen molar-refractivity contribution in [2.24, 2.45) is 0 Å². The smallest absolute Gasteiger partial charge is 0.143 e. The average molecular weight is 842 g/mol. The molecule has 11 aromatic carbocycles. The minimum atomic E-state index is 0.897. The molecule has 0 radical (unpaired) electrons. The van der Waals surface area contributed by atoms with Gasteiger partial charge in [-0.3, -0.25) is 0 Å². The van der Waals surface area contributed by atoms with Gasteiger partial charge in [0.1, 0.15) is 11.2 Å². The Morgan fingerprint density at radius 2 is 0.758 bits per heavy atom. The summed E-state index contributed by atoms with van der Waals surface area (Å²) in [4.78, 5) is 2.41. The second-order valence-electron chi connectivity index (χ2n) is 16.8. The highest BCUT2D eigenvalue weighted by atomic mass is 16.3. The van der Waals surface area contributed by atoms with Crippen molar-refractivity contribution in [3.8, 4) is 66.8 Å². The van der Waals surface area contributed by atoms with Gasteiger partial charge in [0.05, 0.1) is 5.69 Å². The van der Waals surface area contributed by atoms with Crippen LogP contribution in [-0.2, 0) is 0 Å². The van der Waals surface area contributed by atoms with Crippen LogP contribution in [-0.4, -0.2) is 0 Å². The van der Waals surface area contributed by atoms with Crippen LogP contribution in [0.5, 0.6) is 0 Å². The summed E-state index contributed by atoms with van der Waals surface area (Å²) in [5.74, 6) is 0. The van der Waals surface area contributed by atoms with Crippen molar-refractivity contribution in [3.05, 3.63) is 261 Å². The highest BCUT2D eigenvalue weighted by Gasteiger charge is 2.22. The van der Waals surface area contributed by atoms with Crippen molar-refractivity contribution >= 4 is 49.8 Å². The Morgan fingerprint density at radius 3 is 1.53 bits per heavy atom. The Morgan fingerprint density at radius 1 is 0.258 bits per heavy atom. The minimum absolute atomic E-state index is 0.897. The van der Waals surface area contributed by atoms with Gasteiger partial charge in [-0.1, -0.05) is 212 Å². The van der Waals surface area contributed by atoms with Crippen molar-refractivity contribution < 1.29 is 4.42 Å². The molecule has 0 spiro atoms. The van der Waals surface area contributed by atoms with Crippen molar-refractivity contribution in [1.82, 2.24) is 0 Å². The zero-order valence-electron chi connectivity index (χ0n) is 36.2. The van der Waals surface area contributed by atoms with Gasteiger partial charge in [-0.2, -0.15) is 0 Å². The topological polar surface area (TPSA) is 16.4 Å². The van der Waals surface area contributed by atoms with Crippen LogP contribution in [0, 0.1) is 0 Å². The Balaban J connectivity index is 1.04. The normalized spacial score (nSPS) is 11.3. The van der Waals surface area contributed by atoms with E-state index in [4.69, 9.17) is 4.42 Å². The van der Waals surface area contributed by atoms with Crippen LogP contribution in [0.15, 0.2) is 265 Å². The predicted molar refractivity (Wildman–Crippen MR) is 279 cm³/mol. The molecule has 0 unspecified atom stereocenters. The SMILES string of the molecule is c1ccc(-c2ccc(-c3ccccc3-c3ccccc3)c(-c3ccccc3N(c3ccc(-c4ccc5ccccc5c4)cc3)c3ccc(-c4cccc5c4oc4ccccc45)cc3)c2)cc1. The molecule has 66 heavy (non-hydrogen) atoms. The Labute approximate surface area is 384 Å². The molecule has 0 fully saturated rings. The maximum atomic E-state index is 6.51. The summed E-state index contributed by atoms with van der Waals surface area (Å²) >= 11 is 0. The number of furan rings is 1. The summed E-state index contributed by atoms with van der Waals surface area (Å²) in [6.07, 6.45) is 0. The molecule has 2 nitrogen and oxygen atoms in total. The van der Waals surface area contributed by atoms with E-state index in [1.54, 1.807) is 0 Å². The number of benzene rings is 11. The van der Waals surface area contributed by atoms with Crippen LogP contribution in [0.3, 0.4) is 0 Å². The second kappa shape index (κ2) is 16.8. The molecule has 0 saturated carbocycles. The number of anilines is 3. The molecule has 0 aliphatic carbocycles. The lowest BCUT2D eigenvalue weighted by Crippen LogP contribution is -2.11. The van der Waals surface area contributed by atoms with E-state index >= 15 is 0 Å². The van der Waals surface area contributed by atoms with Gasteiger partial charge in [0.15, 0.2) is 0 Å². The van der Waals surface area contributed by atoms with E-state index < -0.39 is 0 Å². The van der Waals surface area contributed by atoms with Crippen molar-refractivity contribution in [2.45, 2.75) is 0 Å². The molecular formula is C64H43NO. The van der Waals surface area contributed by atoms with Gasteiger partial charge in [-0.05, 0) is 115 Å². The zero-order valence-corrected chi connectivity index (χ0v) is 36.2. The van der Waals surface area contributed by atoms with Crippen LogP contribution in [0.4, 0.5) is 17.1 Å². The van der Waals surface area contributed by atoms with Crippen LogP contribution in [0.25, 0.3) is 99.5 Å². The summed E-state index contributed by atoms with van der Waals surface area (Å²) in [5.41, 5.74) is 18.9. The zero-order chi connectivity index (χ0) is 43.8. The summed E-state index contributed by atoms with van der Waals surface area (Å²) in [5, 5.41) is 4.72. The minimum Gasteiger partial charge on any atom is -0.455 e. The fourth-order valence-corrected chi connectivity index (χ4v) is 9.66. The Hall–Kier alpha value is -8.72. The molecule has 1 heterocycles. The number of hydrogen-bond acceptors (Lipinski definition) is 2. The van der Waals surface area contributed by atoms with Crippen LogP contribution in [0.1, 0.15) is 0 Å². The van der Waals surface area contributed by atoms with Gasteiger partial charge >= 0.3 is 0 Å². The van der Waals surface area contributed by atoms with Gasteiger partial charge in [-0.25, -0.2) is 0 Å². The van der Waals surface area contributed by atoms with Crippen LogP contribution >= 0.6 is 0 Å². The van der Waals surface area contributed by atoms with Crippen molar-refractivity contribution in [2.75, 3.05) is 4.90 Å². The molecule has 0 bridgehead atoms. The molecule has 0 saturated heterocycles. The molecule has 2 heteroatoms. The van der Waals surface area contributed by atoms with Crippen LogP contribution < -0.4 is 4.90 Å². The molecule has 310 valence electrons. The number of nitrogens with zero attached hydrogens (tertiary/aromatic N) is 1. The molecule has 0 N–H and O–H groups in total. The van der Waals surface area contributed by atoms with Gasteiger partial charge < -0.3 is 9.32 Å². The molecule has 0 amide bonds. The summed E-state index contributed by atoms with van der Waals surface area (Å²) in [6, 6.07) is 94.0. The summed E-state index contributed by atoms with van der Waals surface area (Å²) in [7, 11) is 0. The third-order valence-corrected chi connectivity index (χ3v) is 12.9. The maximum absolute atomic E-state index is 6.51. The first-order chi connectivity index (χ1) is 32.7. The predicted octanol–water partition coefficient (Wildman–Crippen LogP) is 18.2. The lowest BCUT2D eigenvalue weighted by Gasteiger charge is -2.29. The number of fused-ring (bicyclic) bond motifs is 4. The van der Waals surface area contributed by atoms with Crippen molar-refractivity contribution in [3.63, 3.8) is 0 Å². The first kappa shape index (κ1) is 38.9. The van der Waals surface area contributed by atoms with E-state index in [0.717, 1.165) is 66.8 Å². The largest absolute Gasteiger partial charge is 0.455 e. The van der Waals surface area contributed by atoms with E-state index in [1.165, 1.54) is 49.7 Å². The second-order valence-corrected chi connectivity index (χ2v) is 16.8. The quantitative estimate of drug-likeness (QED) is 0.144. The van der Waals surface area contributed by atoms with Gasteiger partial charge in [-0.15, -0.1) is 0 Å². The molecule has 0 aliphatic heterocycles. The van der Waals surface area contributed by atoms with E-state index in [2.05, 4.69) is 254 Å². The average Bonchev–Trinajstić information content (AvgIpc) is 3.79. The fourth-order valence-electron chi connectivity index (χ4n) is 9.66. The van der Waals surface area contributed by atoms with E-state index in [9.17, 15) is 0 Å². The van der Waals surface area contributed by atoms with E-state index in [-0.39, 0.29) is 0 Å². The number of rotatable bonds is 9. The number of para-hydroxylation sites is 3.